The lowest BCUT2D eigenvalue weighted by Crippen LogP contribution is -2.15. The van der Waals surface area contributed by atoms with Crippen LogP contribution in [-0.4, -0.2) is 8.42 Å². The van der Waals surface area contributed by atoms with Crippen LogP contribution in [0.4, 0.5) is 5.69 Å². The minimum absolute atomic E-state index is 0.115. The Morgan fingerprint density at radius 2 is 2.00 bits per heavy atom. The van der Waals surface area contributed by atoms with Crippen LogP contribution in [0.2, 0.25) is 0 Å². The van der Waals surface area contributed by atoms with E-state index in [2.05, 4.69) is 31.3 Å². The number of nitrogens with one attached hydrogen (secondary N) is 1. The highest BCUT2D eigenvalue weighted by atomic mass is 32.2. The van der Waals surface area contributed by atoms with Gasteiger partial charge in [0.2, 0.25) is 10.0 Å². The molecule has 3 N–H and O–H groups in total. The summed E-state index contributed by atoms with van der Waals surface area (Å²) in [6.07, 6.45) is 1.03. The van der Waals surface area contributed by atoms with E-state index in [1.54, 1.807) is 24.3 Å². The van der Waals surface area contributed by atoms with Gasteiger partial charge in [-0.05, 0) is 50.1 Å². The maximum absolute atomic E-state index is 11.6. The molecule has 2 rings (SSSR count). The van der Waals surface area contributed by atoms with Gasteiger partial charge in [-0.2, -0.15) is 0 Å². The van der Waals surface area contributed by atoms with Crippen molar-refractivity contribution in [3.63, 3.8) is 0 Å². The summed E-state index contributed by atoms with van der Waals surface area (Å²) >= 11 is 1.77. The van der Waals surface area contributed by atoms with Crippen molar-refractivity contribution >= 4 is 27.0 Å². The lowest BCUT2D eigenvalue weighted by atomic mass is 10.1. The molecular formula is C15H20N2O2S2. The maximum atomic E-state index is 11.6. The average molecular weight is 324 g/mol. The van der Waals surface area contributed by atoms with Gasteiger partial charge >= 0.3 is 0 Å². The maximum Gasteiger partial charge on any atom is 0.238 e. The molecule has 1 aromatic carbocycles. The van der Waals surface area contributed by atoms with Crippen molar-refractivity contribution in [1.29, 1.82) is 0 Å². The SMILES string of the molecule is CCc1ccc(C(C)Nc2cccc(S(N)(=O)=O)c2C)s1. The van der Waals surface area contributed by atoms with E-state index in [9.17, 15) is 8.42 Å². The monoisotopic (exact) mass is 324 g/mol. The minimum Gasteiger partial charge on any atom is -0.377 e. The molecule has 1 unspecified atom stereocenters. The van der Waals surface area contributed by atoms with Crippen LogP contribution in [-0.2, 0) is 16.4 Å². The van der Waals surface area contributed by atoms with Gasteiger partial charge in [0.15, 0.2) is 0 Å². The molecule has 1 atom stereocenters. The highest BCUT2D eigenvalue weighted by Gasteiger charge is 2.15. The van der Waals surface area contributed by atoms with Crippen LogP contribution in [0.1, 0.15) is 35.2 Å². The lowest BCUT2D eigenvalue weighted by molar-refractivity contribution is 0.597. The first kappa shape index (κ1) is 16.0. The van der Waals surface area contributed by atoms with E-state index in [0.29, 0.717) is 5.56 Å². The van der Waals surface area contributed by atoms with Crippen molar-refractivity contribution in [3.8, 4) is 0 Å². The zero-order valence-electron chi connectivity index (χ0n) is 12.4. The first-order valence-electron chi connectivity index (χ1n) is 6.80. The summed E-state index contributed by atoms with van der Waals surface area (Å²) in [6.45, 7) is 5.96. The van der Waals surface area contributed by atoms with Gasteiger partial charge in [-0.25, -0.2) is 13.6 Å². The fraction of sp³-hybridized carbons (Fsp3) is 0.333. The molecule has 0 fully saturated rings. The third-order valence-corrected chi connectivity index (χ3v) is 5.89. The fourth-order valence-corrected chi connectivity index (χ4v) is 3.96. The second-order valence-corrected chi connectivity index (χ2v) is 7.73. The Morgan fingerprint density at radius 3 is 2.57 bits per heavy atom. The second kappa shape index (κ2) is 6.17. The average Bonchev–Trinajstić information content (AvgIpc) is 2.88. The first-order valence-corrected chi connectivity index (χ1v) is 9.16. The highest BCUT2D eigenvalue weighted by molar-refractivity contribution is 7.89. The molecule has 21 heavy (non-hydrogen) atoms. The topological polar surface area (TPSA) is 72.2 Å². The van der Waals surface area contributed by atoms with Crippen molar-refractivity contribution in [1.82, 2.24) is 0 Å². The number of anilines is 1. The molecule has 0 radical (unpaired) electrons. The van der Waals surface area contributed by atoms with Gasteiger partial charge in [0, 0.05) is 15.4 Å². The Hall–Kier alpha value is -1.37. The zero-order chi connectivity index (χ0) is 15.6. The van der Waals surface area contributed by atoms with E-state index in [4.69, 9.17) is 5.14 Å². The second-order valence-electron chi connectivity index (χ2n) is 5.00. The molecule has 114 valence electrons. The summed E-state index contributed by atoms with van der Waals surface area (Å²) in [5.74, 6) is 0. The molecule has 0 saturated heterocycles. The smallest absolute Gasteiger partial charge is 0.238 e. The number of rotatable bonds is 5. The number of thiophene rings is 1. The predicted molar refractivity (Wildman–Crippen MR) is 88.3 cm³/mol. The Labute approximate surface area is 130 Å². The summed E-state index contributed by atoms with van der Waals surface area (Å²) < 4.78 is 23.1. The Morgan fingerprint density at radius 1 is 1.29 bits per heavy atom. The van der Waals surface area contributed by atoms with Crippen molar-refractivity contribution in [2.24, 2.45) is 5.14 Å². The molecule has 6 heteroatoms. The fourth-order valence-electron chi connectivity index (χ4n) is 2.20. The summed E-state index contributed by atoms with van der Waals surface area (Å²) in [6, 6.07) is 9.46. The number of aryl methyl sites for hydroxylation is 1. The van der Waals surface area contributed by atoms with E-state index >= 15 is 0 Å². The number of sulfonamides is 1. The van der Waals surface area contributed by atoms with E-state index in [1.165, 1.54) is 15.8 Å². The molecule has 2 aromatic rings. The van der Waals surface area contributed by atoms with Crippen LogP contribution in [0, 0.1) is 6.92 Å². The molecule has 0 bridgehead atoms. The van der Waals surface area contributed by atoms with Crippen molar-refractivity contribution in [2.75, 3.05) is 5.32 Å². The number of hydrogen-bond acceptors (Lipinski definition) is 4. The minimum atomic E-state index is -3.69. The summed E-state index contributed by atoms with van der Waals surface area (Å²) in [5.41, 5.74) is 1.44. The van der Waals surface area contributed by atoms with E-state index in [-0.39, 0.29) is 10.9 Å². The van der Waals surface area contributed by atoms with Crippen molar-refractivity contribution in [3.05, 3.63) is 45.6 Å². The van der Waals surface area contributed by atoms with Crippen LogP contribution in [0.3, 0.4) is 0 Å². The summed E-state index contributed by atoms with van der Waals surface area (Å²) in [7, 11) is -3.69. The van der Waals surface area contributed by atoms with Gasteiger partial charge in [0.1, 0.15) is 0 Å². The largest absolute Gasteiger partial charge is 0.377 e. The molecule has 4 nitrogen and oxygen atoms in total. The number of benzene rings is 1. The third kappa shape index (κ3) is 3.64. The molecule has 1 heterocycles. The van der Waals surface area contributed by atoms with Crippen LogP contribution in [0.15, 0.2) is 35.2 Å². The molecule has 0 saturated carbocycles. The predicted octanol–water partition coefficient (Wildman–Crippen LogP) is 3.44. The highest BCUT2D eigenvalue weighted by Crippen LogP contribution is 2.29. The Kier molecular flexibility index (Phi) is 4.70. The number of primary sulfonamides is 1. The number of nitrogens with two attached hydrogens (primary N) is 1. The molecule has 0 aliphatic carbocycles. The molecule has 0 spiro atoms. The van der Waals surface area contributed by atoms with Crippen LogP contribution >= 0.6 is 11.3 Å². The summed E-state index contributed by atoms with van der Waals surface area (Å²) in [5, 5.41) is 8.60. The molecule has 1 aromatic heterocycles. The molecule has 0 aliphatic rings. The van der Waals surface area contributed by atoms with Gasteiger partial charge in [-0.15, -0.1) is 11.3 Å². The van der Waals surface area contributed by atoms with Crippen molar-refractivity contribution in [2.45, 2.75) is 38.1 Å². The number of hydrogen-bond donors (Lipinski definition) is 2. The van der Waals surface area contributed by atoms with Crippen LogP contribution in [0.25, 0.3) is 0 Å². The summed E-state index contributed by atoms with van der Waals surface area (Å²) in [4.78, 5) is 2.74. The third-order valence-electron chi connectivity index (χ3n) is 3.42. The van der Waals surface area contributed by atoms with Gasteiger partial charge in [0.05, 0.1) is 10.9 Å². The molecule has 0 aliphatic heterocycles. The van der Waals surface area contributed by atoms with Gasteiger partial charge in [0.25, 0.3) is 0 Å². The first-order chi connectivity index (χ1) is 9.82. The normalized spacial score (nSPS) is 13.1. The van der Waals surface area contributed by atoms with Crippen molar-refractivity contribution < 1.29 is 8.42 Å². The molecular weight excluding hydrogens is 304 g/mol. The quantitative estimate of drug-likeness (QED) is 0.885. The van der Waals surface area contributed by atoms with Gasteiger partial charge in [-0.3, -0.25) is 0 Å². The molecule has 0 amide bonds. The van der Waals surface area contributed by atoms with E-state index in [1.807, 2.05) is 6.07 Å². The van der Waals surface area contributed by atoms with Gasteiger partial charge in [-0.1, -0.05) is 13.0 Å². The standard InChI is InChI=1S/C15H20N2O2S2/c1-4-12-8-9-14(20-12)11(3)17-13-6-5-7-15(10(13)2)21(16,18)19/h5-9,11,17H,4H2,1-3H3,(H2,16,18,19). The van der Waals surface area contributed by atoms with Crippen LogP contribution in [0.5, 0.6) is 0 Å². The Balaban J connectivity index is 2.27. The zero-order valence-corrected chi connectivity index (χ0v) is 14.0. The van der Waals surface area contributed by atoms with E-state index in [0.717, 1.165) is 12.1 Å². The Bertz CT molecular complexity index is 736. The lowest BCUT2D eigenvalue weighted by Gasteiger charge is -2.17. The van der Waals surface area contributed by atoms with Crippen LogP contribution < -0.4 is 10.5 Å². The van der Waals surface area contributed by atoms with E-state index < -0.39 is 10.0 Å². The van der Waals surface area contributed by atoms with Gasteiger partial charge < -0.3 is 5.32 Å².